The minimum absolute atomic E-state index is 0.0275. The number of nitrogens with zero attached hydrogens (tertiary/aromatic N) is 3. The molecule has 0 aliphatic rings. The summed E-state index contributed by atoms with van der Waals surface area (Å²) in [6.07, 6.45) is 2.96. The van der Waals surface area contributed by atoms with Crippen molar-refractivity contribution < 1.29 is 9.32 Å². The van der Waals surface area contributed by atoms with E-state index in [0.29, 0.717) is 16.3 Å². The van der Waals surface area contributed by atoms with Crippen molar-refractivity contribution in [2.75, 3.05) is 0 Å². The van der Waals surface area contributed by atoms with Crippen molar-refractivity contribution in [3.05, 3.63) is 81.9 Å². The molecule has 0 aliphatic heterocycles. The van der Waals surface area contributed by atoms with Crippen molar-refractivity contribution >= 4 is 28.6 Å². The van der Waals surface area contributed by atoms with Gasteiger partial charge in [-0.25, -0.2) is 4.98 Å². The van der Waals surface area contributed by atoms with Gasteiger partial charge in [0.25, 0.3) is 11.3 Å². The summed E-state index contributed by atoms with van der Waals surface area (Å²) in [6.45, 7) is 1.81. The monoisotopic (exact) mass is 436 g/mol. The van der Waals surface area contributed by atoms with E-state index < -0.39 is 0 Å². The maximum Gasteiger partial charge on any atom is 0.267 e. The number of hydrogen-bond acceptors (Lipinski definition) is 5. The number of rotatable bonds is 7. The normalized spacial score (nSPS) is 12.1. The van der Waals surface area contributed by atoms with E-state index >= 15 is 0 Å². The molecule has 7 nitrogen and oxygen atoms in total. The van der Waals surface area contributed by atoms with E-state index in [2.05, 4.69) is 27.6 Å². The third-order valence-electron chi connectivity index (χ3n) is 5.01. The first-order chi connectivity index (χ1) is 15.0. The third kappa shape index (κ3) is 4.83. The number of amides is 1. The summed E-state index contributed by atoms with van der Waals surface area (Å²) in [7, 11) is 0. The highest BCUT2D eigenvalue weighted by molar-refractivity contribution is 6.30. The Kier molecular flexibility index (Phi) is 6.13. The smallest absolute Gasteiger partial charge is 0.267 e. The molecule has 0 radical (unpaired) electrons. The molecule has 0 saturated heterocycles. The molecule has 0 bridgehead atoms. The van der Waals surface area contributed by atoms with Crippen LogP contribution in [0.3, 0.4) is 0 Å². The van der Waals surface area contributed by atoms with E-state index in [1.807, 2.05) is 25.1 Å². The Morgan fingerprint density at radius 1 is 1.16 bits per heavy atom. The predicted octanol–water partition coefficient (Wildman–Crippen LogP) is 3.84. The van der Waals surface area contributed by atoms with E-state index in [1.54, 1.807) is 24.3 Å². The van der Waals surface area contributed by atoms with Crippen molar-refractivity contribution in [3.8, 4) is 11.3 Å². The maximum absolute atomic E-state index is 13.0. The average molecular weight is 437 g/mol. The Balaban J connectivity index is 1.47. The summed E-state index contributed by atoms with van der Waals surface area (Å²) >= 11 is 5.94. The lowest BCUT2D eigenvalue weighted by Gasteiger charge is -2.14. The Morgan fingerprint density at radius 2 is 1.90 bits per heavy atom. The van der Waals surface area contributed by atoms with Crippen LogP contribution in [0.5, 0.6) is 0 Å². The fourth-order valence-corrected chi connectivity index (χ4v) is 3.50. The lowest BCUT2D eigenvalue weighted by atomic mass is 10.1. The first-order valence-corrected chi connectivity index (χ1v) is 10.3. The lowest BCUT2D eigenvalue weighted by molar-refractivity contribution is -0.122. The van der Waals surface area contributed by atoms with Gasteiger partial charge < -0.3 is 9.84 Å². The van der Waals surface area contributed by atoms with Gasteiger partial charge in [0.05, 0.1) is 0 Å². The van der Waals surface area contributed by atoms with Crippen LogP contribution in [0, 0.1) is 0 Å². The van der Waals surface area contributed by atoms with Crippen LogP contribution in [0.4, 0.5) is 0 Å². The molecule has 0 aliphatic carbocycles. The van der Waals surface area contributed by atoms with Gasteiger partial charge in [0, 0.05) is 16.6 Å². The topological polar surface area (TPSA) is 90.0 Å². The minimum atomic E-state index is -0.386. The molecule has 0 saturated carbocycles. The summed E-state index contributed by atoms with van der Waals surface area (Å²) in [5, 5.41) is 7.73. The molecule has 0 spiro atoms. The molecule has 1 N–H and O–H groups in total. The zero-order valence-electron chi connectivity index (χ0n) is 16.9. The van der Waals surface area contributed by atoms with E-state index in [1.165, 1.54) is 16.5 Å². The van der Waals surface area contributed by atoms with E-state index in [9.17, 15) is 9.59 Å². The van der Waals surface area contributed by atoms with E-state index in [4.69, 9.17) is 16.1 Å². The zero-order valence-corrected chi connectivity index (χ0v) is 17.7. The molecule has 0 unspecified atom stereocenters. The van der Waals surface area contributed by atoms with Crippen LogP contribution >= 0.6 is 11.6 Å². The highest BCUT2D eigenvalue weighted by atomic mass is 35.5. The first kappa shape index (κ1) is 20.8. The molecule has 31 heavy (non-hydrogen) atoms. The van der Waals surface area contributed by atoms with E-state index in [-0.39, 0.29) is 35.2 Å². The van der Waals surface area contributed by atoms with E-state index in [0.717, 1.165) is 12.8 Å². The standard InChI is InChI=1S/C23H21ClN4O3/c1-15(7-8-16-5-3-2-4-6-16)26-19(29)13-28-14-25-22-20(23(28)30)21(27-31-22)17-9-11-18(24)12-10-17/h2-6,9-12,14-15H,7-8,13H2,1H3,(H,26,29)/t15-/m1/s1. The van der Waals surface area contributed by atoms with Gasteiger partial charge in [0.2, 0.25) is 5.91 Å². The quantitative estimate of drug-likeness (QED) is 0.475. The fraction of sp³-hybridized carbons (Fsp3) is 0.217. The van der Waals surface area contributed by atoms with Gasteiger partial charge in [-0.2, -0.15) is 0 Å². The van der Waals surface area contributed by atoms with Gasteiger partial charge in [-0.05, 0) is 37.5 Å². The zero-order chi connectivity index (χ0) is 21.8. The lowest BCUT2D eigenvalue weighted by Crippen LogP contribution is -2.37. The summed E-state index contributed by atoms with van der Waals surface area (Å²) in [4.78, 5) is 29.6. The minimum Gasteiger partial charge on any atom is -0.352 e. The second kappa shape index (κ2) is 9.14. The number of nitrogens with one attached hydrogen (secondary N) is 1. The van der Waals surface area contributed by atoms with Crippen LogP contribution in [0.25, 0.3) is 22.4 Å². The SMILES string of the molecule is C[C@H](CCc1ccccc1)NC(=O)Cn1cnc2onc(-c3ccc(Cl)cc3)c2c1=O. The number of carbonyl (C=O) groups is 1. The Bertz CT molecular complexity index is 1250. The molecule has 4 rings (SSSR count). The Morgan fingerprint density at radius 3 is 2.65 bits per heavy atom. The van der Waals surface area contributed by atoms with Gasteiger partial charge >= 0.3 is 0 Å². The van der Waals surface area contributed by atoms with Crippen molar-refractivity contribution in [1.29, 1.82) is 0 Å². The van der Waals surface area contributed by atoms with Crippen molar-refractivity contribution in [1.82, 2.24) is 20.0 Å². The van der Waals surface area contributed by atoms with Gasteiger partial charge in [-0.3, -0.25) is 14.2 Å². The predicted molar refractivity (Wildman–Crippen MR) is 119 cm³/mol. The molecule has 1 atom stereocenters. The summed E-state index contributed by atoms with van der Waals surface area (Å²) in [6, 6.07) is 17.0. The molecular formula is C23H21ClN4O3. The molecule has 1 amide bonds. The number of fused-ring (bicyclic) bond motifs is 1. The summed E-state index contributed by atoms with van der Waals surface area (Å²) < 4.78 is 6.47. The highest BCUT2D eigenvalue weighted by Gasteiger charge is 2.18. The largest absolute Gasteiger partial charge is 0.352 e. The number of hydrogen-bond donors (Lipinski definition) is 1. The fourth-order valence-electron chi connectivity index (χ4n) is 3.37. The Hall–Kier alpha value is -3.45. The number of benzene rings is 2. The number of carbonyl (C=O) groups excluding carboxylic acids is 1. The van der Waals surface area contributed by atoms with Crippen molar-refractivity contribution in [2.45, 2.75) is 32.4 Å². The highest BCUT2D eigenvalue weighted by Crippen LogP contribution is 2.25. The molecule has 2 aromatic carbocycles. The van der Waals surface area contributed by atoms with Gasteiger partial charge in [0.15, 0.2) is 0 Å². The van der Waals surface area contributed by atoms with Crippen LogP contribution in [-0.4, -0.2) is 26.7 Å². The summed E-state index contributed by atoms with van der Waals surface area (Å²) in [5.74, 6) is -0.256. The van der Waals surface area contributed by atoms with Crippen LogP contribution in [0.15, 0.2) is 70.2 Å². The average Bonchev–Trinajstić information content (AvgIpc) is 3.20. The van der Waals surface area contributed by atoms with Crippen molar-refractivity contribution in [2.24, 2.45) is 0 Å². The molecule has 8 heteroatoms. The Labute approximate surface area is 183 Å². The third-order valence-corrected chi connectivity index (χ3v) is 5.26. The van der Waals surface area contributed by atoms with Gasteiger partial charge in [0.1, 0.15) is 24.0 Å². The van der Waals surface area contributed by atoms with Gasteiger partial charge in [-0.1, -0.05) is 59.2 Å². The molecule has 2 aromatic heterocycles. The molecule has 158 valence electrons. The summed E-state index contributed by atoms with van der Waals surface area (Å²) in [5.41, 5.74) is 2.01. The molecular weight excluding hydrogens is 416 g/mol. The molecule has 4 aromatic rings. The van der Waals surface area contributed by atoms with Crippen LogP contribution in [-0.2, 0) is 17.8 Å². The molecule has 2 heterocycles. The molecule has 0 fully saturated rings. The van der Waals surface area contributed by atoms with Crippen LogP contribution < -0.4 is 10.9 Å². The second-order valence-electron chi connectivity index (χ2n) is 7.39. The van der Waals surface area contributed by atoms with Crippen LogP contribution in [0.1, 0.15) is 18.9 Å². The first-order valence-electron chi connectivity index (χ1n) is 9.95. The number of aryl methyl sites for hydroxylation is 1. The van der Waals surface area contributed by atoms with Crippen molar-refractivity contribution in [3.63, 3.8) is 0 Å². The number of aromatic nitrogens is 3. The second-order valence-corrected chi connectivity index (χ2v) is 7.83. The van der Waals surface area contributed by atoms with Crippen LogP contribution in [0.2, 0.25) is 5.02 Å². The van der Waals surface area contributed by atoms with Gasteiger partial charge in [-0.15, -0.1) is 0 Å². The number of halogens is 1. The maximum atomic E-state index is 13.0.